The Labute approximate surface area is 247 Å². The van der Waals surface area contributed by atoms with Crippen molar-refractivity contribution in [2.24, 2.45) is 10.1 Å². The van der Waals surface area contributed by atoms with Crippen LogP contribution < -0.4 is 19.8 Å². The van der Waals surface area contributed by atoms with E-state index in [4.69, 9.17) is 4.74 Å². The van der Waals surface area contributed by atoms with E-state index in [1.807, 2.05) is 6.92 Å². The number of rotatable bonds is 7. The number of amidine groups is 1. The van der Waals surface area contributed by atoms with E-state index in [2.05, 4.69) is 30.3 Å². The predicted molar refractivity (Wildman–Crippen MR) is 155 cm³/mol. The average Bonchev–Trinajstić information content (AvgIpc) is 3.60. The minimum Gasteiger partial charge on any atom is -0.497 e. The highest BCUT2D eigenvalue weighted by atomic mass is 32.2. The summed E-state index contributed by atoms with van der Waals surface area (Å²) in [5.41, 5.74) is 5.47. The summed E-state index contributed by atoms with van der Waals surface area (Å²) >= 11 is 1.15. The minimum absolute atomic E-state index is 0.148. The SMILES string of the molecule is COc1ccc(N2C(=O)CSC2=NC(=O)N/N=C/c2cccc(-c3ncn(-c4ccc(OC(F)(F)F)cc4)n3)c2)c(C)c1. The Bertz CT molecular complexity index is 1720. The molecular formula is C28H22F3N7O4S. The highest BCUT2D eigenvalue weighted by molar-refractivity contribution is 8.15. The number of carbonyl (C=O) groups excluding carboxylic acids is 2. The molecule has 0 atom stereocenters. The van der Waals surface area contributed by atoms with Crippen LogP contribution in [0.3, 0.4) is 0 Å². The van der Waals surface area contributed by atoms with E-state index < -0.39 is 12.4 Å². The molecule has 1 N–H and O–H groups in total. The van der Waals surface area contributed by atoms with Gasteiger partial charge in [0.2, 0.25) is 5.91 Å². The highest BCUT2D eigenvalue weighted by Crippen LogP contribution is 2.31. The molecule has 1 aliphatic heterocycles. The topological polar surface area (TPSA) is 123 Å². The van der Waals surface area contributed by atoms with Crippen LogP contribution in [0.5, 0.6) is 11.5 Å². The molecule has 2 heterocycles. The van der Waals surface area contributed by atoms with Crippen LogP contribution in [0.15, 0.2) is 83.2 Å². The minimum atomic E-state index is -4.78. The second-order valence-electron chi connectivity index (χ2n) is 8.92. The van der Waals surface area contributed by atoms with Gasteiger partial charge in [-0.15, -0.1) is 18.3 Å². The average molecular weight is 610 g/mol. The fraction of sp³-hybridized carbons (Fsp3) is 0.143. The van der Waals surface area contributed by atoms with Crippen LogP contribution in [-0.4, -0.2) is 57.3 Å². The van der Waals surface area contributed by atoms with Gasteiger partial charge in [-0.05, 0) is 66.6 Å². The third-order valence-electron chi connectivity index (χ3n) is 5.95. The Balaban J connectivity index is 1.24. The number of hydrogen-bond acceptors (Lipinski definition) is 8. The molecule has 43 heavy (non-hydrogen) atoms. The van der Waals surface area contributed by atoms with Crippen LogP contribution in [0.25, 0.3) is 17.1 Å². The quantitative estimate of drug-likeness (QED) is 0.222. The molecule has 5 rings (SSSR count). The fourth-order valence-corrected chi connectivity index (χ4v) is 4.90. The van der Waals surface area contributed by atoms with E-state index in [-0.39, 0.29) is 22.6 Å². The zero-order chi connectivity index (χ0) is 30.6. The van der Waals surface area contributed by atoms with E-state index in [1.54, 1.807) is 49.6 Å². The number of aryl methyl sites for hydroxylation is 1. The van der Waals surface area contributed by atoms with Gasteiger partial charge < -0.3 is 9.47 Å². The van der Waals surface area contributed by atoms with Crippen molar-refractivity contribution in [3.8, 4) is 28.6 Å². The lowest BCUT2D eigenvalue weighted by Crippen LogP contribution is -2.31. The predicted octanol–water partition coefficient (Wildman–Crippen LogP) is 5.33. The van der Waals surface area contributed by atoms with E-state index in [0.717, 1.165) is 17.3 Å². The third-order valence-corrected chi connectivity index (χ3v) is 6.88. The molecule has 0 radical (unpaired) electrons. The first-order valence-electron chi connectivity index (χ1n) is 12.5. The Hall–Kier alpha value is -5.18. The second kappa shape index (κ2) is 12.4. The van der Waals surface area contributed by atoms with E-state index in [0.29, 0.717) is 34.1 Å². The summed E-state index contributed by atoms with van der Waals surface area (Å²) in [4.78, 5) is 34.7. The summed E-state index contributed by atoms with van der Waals surface area (Å²) in [5.74, 6) is 0.608. The lowest BCUT2D eigenvalue weighted by molar-refractivity contribution is -0.274. The number of hydrogen-bond donors (Lipinski definition) is 1. The van der Waals surface area contributed by atoms with Crippen molar-refractivity contribution in [2.45, 2.75) is 13.3 Å². The number of benzene rings is 3. The number of hydrazone groups is 1. The van der Waals surface area contributed by atoms with Crippen LogP contribution in [-0.2, 0) is 4.79 Å². The van der Waals surface area contributed by atoms with Crippen LogP contribution in [0.1, 0.15) is 11.1 Å². The number of anilines is 1. The molecule has 1 aliphatic rings. The number of aromatic nitrogens is 3. The zero-order valence-corrected chi connectivity index (χ0v) is 23.4. The van der Waals surface area contributed by atoms with Gasteiger partial charge in [0.15, 0.2) is 11.0 Å². The molecule has 11 nitrogen and oxygen atoms in total. The van der Waals surface area contributed by atoms with Crippen LogP contribution in [0.2, 0.25) is 0 Å². The number of amides is 3. The van der Waals surface area contributed by atoms with E-state index >= 15 is 0 Å². The monoisotopic (exact) mass is 609 g/mol. The van der Waals surface area contributed by atoms with Crippen molar-refractivity contribution in [1.82, 2.24) is 20.2 Å². The van der Waals surface area contributed by atoms with Crippen molar-refractivity contribution < 1.29 is 32.2 Å². The van der Waals surface area contributed by atoms with Gasteiger partial charge in [0.1, 0.15) is 17.8 Å². The molecule has 3 amide bonds. The molecule has 1 saturated heterocycles. The zero-order valence-electron chi connectivity index (χ0n) is 22.6. The molecule has 1 aromatic heterocycles. The molecule has 15 heteroatoms. The normalized spacial score (nSPS) is 14.5. The molecule has 0 spiro atoms. The summed E-state index contributed by atoms with van der Waals surface area (Å²) < 4.78 is 47.7. The summed E-state index contributed by atoms with van der Waals surface area (Å²) in [5, 5.41) is 8.58. The molecule has 0 aliphatic carbocycles. The highest BCUT2D eigenvalue weighted by Gasteiger charge is 2.32. The summed E-state index contributed by atoms with van der Waals surface area (Å²) in [7, 11) is 1.55. The van der Waals surface area contributed by atoms with Gasteiger partial charge in [0.05, 0.1) is 30.5 Å². The third kappa shape index (κ3) is 7.19. The van der Waals surface area contributed by atoms with Gasteiger partial charge >= 0.3 is 12.4 Å². The number of nitrogens with one attached hydrogen (secondary N) is 1. The van der Waals surface area contributed by atoms with E-state index in [1.165, 1.54) is 46.4 Å². The molecule has 0 unspecified atom stereocenters. The number of ether oxygens (including phenoxy) is 2. The van der Waals surface area contributed by atoms with Gasteiger partial charge in [-0.3, -0.25) is 9.69 Å². The van der Waals surface area contributed by atoms with Crippen LogP contribution >= 0.6 is 11.8 Å². The first-order chi connectivity index (χ1) is 20.6. The van der Waals surface area contributed by atoms with Crippen LogP contribution in [0, 0.1) is 6.92 Å². The van der Waals surface area contributed by atoms with Gasteiger partial charge in [0.25, 0.3) is 0 Å². The van der Waals surface area contributed by atoms with Crippen molar-refractivity contribution >= 4 is 40.8 Å². The number of thioether (sulfide) groups is 1. The number of carbonyl (C=O) groups is 2. The molecule has 220 valence electrons. The summed E-state index contributed by atoms with van der Waals surface area (Å²) in [6.07, 6.45) is -1.94. The van der Waals surface area contributed by atoms with Crippen molar-refractivity contribution in [3.63, 3.8) is 0 Å². The number of nitrogens with zero attached hydrogens (tertiary/aromatic N) is 6. The second-order valence-corrected chi connectivity index (χ2v) is 9.86. The maximum absolute atomic E-state index is 12.5. The maximum Gasteiger partial charge on any atom is 0.573 e. The first-order valence-corrected chi connectivity index (χ1v) is 13.5. The number of aliphatic imine (C=N–C) groups is 1. The van der Waals surface area contributed by atoms with Gasteiger partial charge in [-0.2, -0.15) is 10.1 Å². The number of methoxy groups -OCH3 is 1. The van der Waals surface area contributed by atoms with Gasteiger partial charge in [-0.25, -0.2) is 19.9 Å². The Morgan fingerprint density at radius 1 is 1.09 bits per heavy atom. The molecule has 3 aromatic carbocycles. The van der Waals surface area contributed by atoms with Crippen molar-refractivity contribution in [3.05, 3.63) is 84.2 Å². The summed E-state index contributed by atoms with van der Waals surface area (Å²) in [6.45, 7) is 1.83. The standard InChI is InChI=1S/C28H22F3N7O4S/c1-17-12-22(41-2)10-11-23(17)38-24(39)15-43-27(38)34-26(40)35-33-14-18-4-3-5-19(13-18)25-32-16-37(36-25)20-6-8-21(9-7-20)42-28(29,30)31/h3-14,16H,15H2,1-2H3,(H,35,40)/b33-14+,34-27?. The van der Waals surface area contributed by atoms with Gasteiger partial charge in [0, 0.05) is 5.56 Å². The molecule has 0 bridgehead atoms. The van der Waals surface area contributed by atoms with Gasteiger partial charge in [-0.1, -0.05) is 30.0 Å². The lowest BCUT2D eigenvalue weighted by Gasteiger charge is -2.18. The van der Waals surface area contributed by atoms with Crippen molar-refractivity contribution in [1.29, 1.82) is 0 Å². The first kappa shape index (κ1) is 29.3. The summed E-state index contributed by atoms with van der Waals surface area (Å²) in [6, 6.07) is 16.7. The molecular weight excluding hydrogens is 587 g/mol. The lowest BCUT2D eigenvalue weighted by atomic mass is 10.1. The number of alkyl halides is 3. The number of halogens is 3. The largest absolute Gasteiger partial charge is 0.573 e. The Morgan fingerprint density at radius 3 is 2.58 bits per heavy atom. The Morgan fingerprint density at radius 2 is 1.86 bits per heavy atom. The number of urea groups is 1. The van der Waals surface area contributed by atoms with Crippen molar-refractivity contribution in [2.75, 3.05) is 17.8 Å². The molecule has 0 saturated carbocycles. The molecule has 4 aromatic rings. The maximum atomic E-state index is 12.5. The fourth-order valence-electron chi connectivity index (χ4n) is 4.04. The van der Waals surface area contributed by atoms with E-state index in [9.17, 15) is 22.8 Å². The molecule has 1 fully saturated rings. The smallest absolute Gasteiger partial charge is 0.497 e. The van der Waals surface area contributed by atoms with Crippen LogP contribution in [0.4, 0.5) is 23.7 Å². The Kier molecular flexibility index (Phi) is 8.43.